The standard InChI is InChI=1S/C12H17NO4S2/c1-3-9-6-7-10(18-9)19(16,17)13-12(2,11(14)15)8-4-5-8/h6-8,13H,3-5H2,1-2H3,(H,14,15). The highest BCUT2D eigenvalue weighted by molar-refractivity contribution is 7.91. The van der Waals surface area contributed by atoms with Gasteiger partial charge in [0, 0.05) is 4.88 Å². The maximum atomic E-state index is 12.2. The molecule has 1 saturated carbocycles. The summed E-state index contributed by atoms with van der Waals surface area (Å²) in [7, 11) is -3.77. The molecular formula is C12H17NO4S2. The number of hydrogen-bond acceptors (Lipinski definition) is 4. The van der Waals surface area contributed by atoms with Gasteiger partial charge in [0.25, 0.3) is 10.0 Å². The molecular weight excluding hydrogens is 286 g/mol. The number of carboxylic acids is 1. The first-order chi connectivity index (χ1) is 8.79. The van der Waals surface area contributed by atoms with E-state index in [0.29, 0.717) is 0 Å². The zero-order valence-corrected chi connectivity index (χ0v) is 12.5. The van der Waals surface area contributed by atoms with E-state index in [9.17, 15) is 18.3 Å². The number of sulfonamides is 1. The second-order valence-electron chi connectivity index (χ2n) is 4.96. The minimum Gasteiger partial charge on any atom is -0.480 e. The van der Waals surface area contributed by atoms with Crippen molar-refractivity contribution in [2.24, 2.45) is 5.92 Å². The van der Waals surface area contributed by atoms with Crippen molar-refractivity contribution in [2.45, 2.75) is 42.9 Å². The lowest BCUT2D eigenvalue weighted by Gasteiger charge is -2.25. The Kier molecular flexibility index (Phi) is 3.72. The molecule has 0 aliphatic heterocycles. The molecule has 19 heavy (non-hydrogen) atoms. The molecule has 0 saturated heterocycles. The summed E-state index contributed by atoms with van der Waals surface area (Å²) in [6, 6.07) is 3.29. The largest absolute Gasteiger partial charge is 0.480 e. The van der Waals surface area contributed by atoms with Crippen molar-refractivity contribution in [1.82, 2.24) is 4.72 Å². The first-order valence-corrected chi connectivity index (χ1v) is 8.45. The van der Waals surface area contributed by atoms with Crippen LogP contribution in [0.25, 0.3) is 0 Å². The van der Waals surface area contributed by atoms with E-state index < -0.39 is 21.5 Å². The average molecular weight is 303 g/mol. The molecule has 0 radical (unpaired) electrons. The summed E-state index contributed by atoms with van der Waals surface area (Å²) >= 11 is 1.18. The Bertz CT molecular complexity index is 589. The van der Waals surface area contributed by atoms with Crippen molar-refractivity contribution in [1.29, 1.82) is 0 Å². The van der Waals surface area contributed by atoms with Crippen molar-refractivity contribution in [3.8, 4) is 0 Å². The fourth-order valence-corrected chi connectivity index (χ4v) is 4.70. The molecule has 0 aromatic carbocycles. The number of thiophene rings is 1. The molecule has 2 N–H and O–H groups in total. The Morgan fingerprint density at radius 3 is 2.58 bits per heavy atom. The Balaban J connectivity index is 2.27. The van der Waals surface area contributed by atoms with Gasteiger partial charge < -0.3 is 5.11 Å². The van der Waals surface area contributed by atoms with Crippen molar-refractivity contribution in [3.05, 3.63) is 17.0 Å². The van der Waals surface area contributed by atoms with E-state index in [-0.39, 0.29) is 10.1 Å². The summed E-state index contributed by atoms with van der Waals surface area (Å²) in [4.78, 5) is 12.3. The van der Waals surface area contributed by atoms with Crippen molar-refractivity contribution in [3.63, 3.8) is 0 Å². The maximum absolute atomic E-state index is 12.2. The van der Waals surface area contributed by atoms with Gasteiger partial charge in [0.1, 0.15) is 9.75 Å². The lowest BCUT2D eigenvalue weighted by molar-refractivity contribution is -0.144. The number of nitrogens with one attached hydrogen (secondary N) is 1. The van der Waals surface area contributed by atoms with Crippen LogP contribution in [0.4, 0.5) is 0 Å². The summed E-state index contributed by atoms with van der Waals surface area (Å²) in [5, 5.41) is 9.28. The van der Waals surface area contributed by atoms with Gasteiger partial charge >= 0.3 is 5.97 Å². The van der Waals surface area contributed by atoms with Crippen molar-refractivity contribution < 1.29 is 18.3 Å². The lowest BCUT2D eigenvalue weighted by atomic mass is 9.98. The number of aryl methyl sites for hydroxylation is 1. The predicted molar refractivity (Wildman–Crippen MR) is 72.8 cm³/mol. The third-order valence-electron chi connectivity index (χ3n) is 3.43. The fourth-order valence-electron chi connectivity index (χ4n) is 1.98. The molecule has 1 aliphatic carbocycles. The Morgan fingerprint density at radius 2 is 2.16 bits per heavy atom. The van der Waals surface area contributed by atoms with Crippen LogP contribution in [-0.2, 0) is 21.2 Å². The van der Waals surface area contributed by atoms with Gasteiger partial charge in [-0.2, -0.15) is 4.72 Å². The van der Waals surface area contributed by atoms with Crippen LogP contribution in [-0.4, -0.2) is 25.0 Å². The molecule has 1 aromatic rings. The summed E-state index contributed by atoms with van der Waals surface area (Å²) in [6.45, 7) is 3.39. The fraction of sp³-hybridized carbons (Fsp3) is 0.583. The van der Waals surface area contributed by atoms with E-state index in [0.717, 1.165) is 24.1 Å². The summed E-state index contributed by atoms with van der Waals surface area (Å²) in [5.74, 6) is -1.24. The van der Waals surface area contributed by atoms with Crippen LogP contribution >= 0.6 is 11.3 Å². The van der Waals surface area contributed by atoms with Gasteiger partial charge in [0.2, 0.25) is 0 Å². The molecule has 1 atom stereocenters. The summed E-state index contributed by atoms with van der Waals surface area (Å²) in [5.41, 5.74) is -1.41. The van der Waals surface area contributed by atoms with Gasteiger partial charge in [-0.05, 0) is 44.2 Å². The lowest BCUT2D eigenvalue weighted by Crippen LogP contribution is -2.53. The molecule has 0 amide bonds. The Morgan fingerprint density at radius 1 is 1.53 bits per heavy atom. The third kappa shape index (κ3) is 2.82. The van der Waals surface area contributed by atoms with Gasteiger partial charge in [0.05, 0.1) is 0 Å². The van der Waals surface area contributed by atoms with Crippen LogP contribution in [0.1, 0.15) is 31.6 Å². The highest BCUT2D eigenvalue weighted by Gasteiger charge is 2.50. The van der Waals surface area contributed by atoms with Crippen LogP contribution in [0.3, 0.4) is 0 Å². The smallest absolute Gasteiger partial charge is 0.324 e. The monoisotopic (exact) mass is 303 g/mol. The molecule has 1 aliphatic rings. The van der Waals surface area contributed by atoms with Crippen LogP contribution in [0.15, 0.2) is 16.3 Å². The number of hydrogen-bond donors (Lipinski definition) is 2. The first-order valence-electron chi connectivity index (χ1n) is 6.15. The molecule has 1 heterocycles. The van der Waals surface area contributed by atoms with Gasteiger partial charge in [-0.15, -0.1) is 11.3 Å². The third-order valence-corrected chi connectivity index (χ3v) is 6.73. The van der Waals surface area contributed by atoms with Gasteiger partial charge in [-0.1, -0.05) is 6.92 Å². The zero-order chi connectivity index (χ0) is 14.3. The van der Waals surface area contributed by atoms with Crippen LogP contribution < -0.4 is 4.72 Å². The topological polar surface area (TPSA) is 83.5 Å². The molecule has 1 fully saturated rings. The normalized spacial score (nSPS) is 19.1. The SMILES string of the molecule is CCc1ccc(S(=O)(=O)NC(C)(C(=O)O)C2CC2)s1. The number of carboxylic acid groups (broad SMARTS) is 1. The number of aliphatic carboxylic acids is 1. The molecule has 1 aromatic heterocycles. The molecule has 0 bridgehead atoms. The van der Waals surface area contributed by atoms with Crippen LogP contribution in [0.5, 0.6) is 0 Å². The molecule has 7 heteroatoms. The second-order valence-corrected chi connectivity index (χ2v) is 8.04. The van der Waals surface area contributed by atoms with Gasteiger partial charge in [-0.3, -0.25) is 4.79 Å². The molecule has 5 nitrogen and oxygen atoms in total. The van der Waals surface area contributed by atoms with Gasteiger partial charge in [-0.25, -0.2) is 8.42 Å². The second kappa shape index (κ2) is 4.88. The molecule has 106 valence electrons. The van der Waals surface area contributed by atoms with E-state index in [4.69, 9.17) is 0 Å². The maximum Gasteiger partial charge on any atom is 0.324 e. The van der Waals surface area contributed by atoms with Crippen molar-refractivity contribution in [2.75, 3.05) is 0 Å². The Labute approximate surface area is 116 Å². The van der Waals surface area contributed by atoms with E-state index >= 15 is 0 Å². The molecule has 2 rings (SSSR count). The average Bonchev–Trinajstić information content (AvgIpc) is 3.06. The van der Waals surface area contributed by atoms with E-state index in [1.54, 1.807) is 6.07 Å². The van der Waals surface area contributed by atoms with Gasteiger partial charge in [0.15, 0.2) is 0 Å². The Hall–Kier alpha value is -0.920. The predicted octanol–water partition coefficient (Wildman–Crippen LogP) is 1.84. The minimum atomic E-state index is -3.77. The molecule has 1 unspecified atom stereocenters. The summed E-state index contributed by atoms with van der Waals surface area (Å²) in [6.07, 6.45) is 2.25. The summed E-state index contributed by atoms with van der Waals surface area (Å²) < 4.78 is 27.0. The zero-order valence-electron chi connectivity index (χ0n) is 10.8. The minimum absolute atomic E-state index is 0.120. The van der Waals surface area contributed by atoms with E-state index in [2.05, 4.69) is 4.72 Å². The first kappa shape index (κ1) is 14.5. The quantitative estimate of drug-likeness (QED) is 0.840. The molecule has 0 spiro atoms. The van der Waals surface area contributed by atoms with Crippen LogP contribution in [0.2, 0.25) is 0 Å². The van der Waals surface area contributed by atoms with E-state index in [1.807, 2.05) is 6.92 Å². The number of carbonyl (C=O) groups is 1. The van der Waals surface area contributed by atoms with Crippen LogP contribution in [0, 0.1) is 5.92 Å². The highest BCUT2D eigenvalue weighted by Crippen LogP contribution is 2.40. The number of rotatable bonds is 6. The highest BCUT2D eigenvalue weighted by atomic mass is 32.2. The van der Waals surface area contributed by atoms with Crippen molar-refractivity contribution >= 4 is 27.3 Å². The van der Waals surface area contributed by atoms with E-state index in [1.165, 1.54) is 24.3 Å².